The lowest BCUT2D eigenvalue weighted by atomic mass is 10.1. The summed E-state index contributed by atoms with van der Waals surface area (Å²) in [7, 11) is 1.82. The van der Waals surface area contributed by atoms with E-state index in [1.54, 1.807) is 17.0 Å². The number of rotatable bonds is 3. The number of anilines is 1. The van der Waals surface area contributed by atoms with E-state index in [4.69, 9.17) is 5.73 Å². The first kappa shape index (κ1) is 11.8. The number of hydrogen-bond donors (Lipinski definition) is 1. The van der Waals surface area contributed by atoms with Gasteiger partial charge in [0.15, 0.2) is 5.69 Å². The monoisotopic (exact) mass is 234 g/mol. The Morgan fingerprint density at radius 2 is 2.12 bits per heavy atom. The molecule has 2 N–H and O–H groups in total. The van der Waals surface area contributed by atoms with Crippen LogP contribution in [0.15, 0.2) is 12.1 Å². The number of carbonyl (C=O) groups is 1. The van der Waals surface area contributed by atoms with Crippen LogP contribution in [0.4, 0.5) is 5.82 Å². The minimum absolute atomic E-state index is 0.0793. The van der Waals surface area contributed by atoms with Crippen LogP contribution in [0.5, 0.6) is 0 Å². The molecule has 0 saturated heterocycles. The van der Waals surface area contributed by atoms with Crippen LogP contribution in [0.2, 0.25) is 0 Å². The zero-order valence-corrected chi connectivity index (χ0v) is 10.1. The van der Waals surface area contributed by atoms with E-state index in [0.717, 1.165) is 6.54 Å². The Kier molecular flexibility index (Phi) is 3.56. The Labute approximate surface area is 101 Å². The molecule has 0 unspecified atom stereocenters. The van der Waals surface area contributed by atoms with Crippen molar-refractivity contribution in [2.24, 2.45) is 5.92 Å². The van der Waals surface area contributed by atoms with Crippen LogP contribution in [0, 0.1) is 5.92 Å². The lowest BCUT2D eigenvalue weighted by Crippen LogP contribution is -2.31. The first-order chi connectivity index (χ1) is 8.16. The van der Waals surface area contributed by atoms with E-state index < -0.39 is 0 Å². The van der Waals surface area contributed by atoms with Crippen LogP contribution in [-0.2, 0) is 0 Å². The fraction of sp³-hybridized carbons (Fsp3) is 0.583. The third-order valence-electron chi connectivity index (χ3n) is 3.26. The first-order valence-electron chi connectivity index (χ1n) is 6.01. The Morgan fingerprint density at radius 1 is 1.41 bits per heavy atom. The van der Waals surface area contributed by atoms with Crippen molar-refractivity contribution >= 4 is 11.7 Å². The number of nitrogens with zero attached hydrogens (tertiary/aromatic N) is 3. The topological polar surface area (TPSA) is 72.1 Å². The van der Waals surface area contributed by atoms with Crippen LogP contribution >= 0.6 is 0 Å². The molecule has 2 rings (SSSR count). The van der Waals surface area contributed by atoms with Crippen LogP contribution in [-0.4, -0.2) is 34.6 Å². The molecule has 1 fully saturated rings. The summed E-state index contributed by atoms with van der Waals surface area (Å²) in [6.45, 7) is 0.810. The van der Waals surface area contributed by atoms with E-state index in [0.29, 0.717) is 17.4 Å². The Balaban J connectivity index is 1.96. The quantitative estimate of drug-likeness (QED) is 0.856. The van der Waals surface area contributed by atoms with Crippen molar-refractivity contribution in [3.63, 3.8) is 0 Å². The van der Waals surface area contributed by atoms with E-state index in [1.165, 1.54) is 25.7 Å². The second-order valence-electron chi connectivity index (χ2n) is 4.68. The SMILES string of the molecule is CN(CC1CCCC1)C(=O)c1ccc(N)nn1. The fourth-order valence-electron chi connectivity index (χ4n) is 2.32. The Hall–Kier alpha value is -1.65. The lowest BCUT2D eigenvalue weighted by molar-refractivity contribution is 0.0766. The summed E-state index contributed by atoms with van der Waals surface area (Å²) in [4.78, 5) is 13.8. The molecule has 1 aromatic heterocycles. The van der Waals surface area contributed by atoms with Gasteiger partial charge in [0.1, 0.15) is 5.82 Å². The Morgan fingerprint density at radius 3 is 2.71 bits per heavy atom. The molecular weight excluding hydrogens is 216 g/mol. The highest BCUT2D eigenvalue weighted by Gasteiger charge is 2.20. The molecule has 1 amide bonds. The number of hydrogen-bond acceptors (Lipinski definition) is 4. The average Bonchev–Trinajstić information content (AvgIpc) is 2.82. The molecule has 0 spiro atoms. The van der Waals surface area contributed by atoms with Gasteiger partial charge >= 0.3 is 0 Å². The highest BCUT2D eigenvalue weighted by molar-refractivity contribution is 5.92. The number of nitrogen functional groups attached to an aromatic ring is 1. The average molecular weight is 234 g/mol. The zero-order chi connectivity index (χ0) is 12.3. The van der Waals surface area contributed by atoms with E-state index >= 15 is 0 Å². The molecule has 1 aliphatic carbocycles. The predicted molar refractivity (Wildman–Crippen MR) is 65.4 cm³/mol. The van der Waals surface area contributed by atoms with Crippen molar-refractivity contribution in [1.29, 1.82) is 0 Å². The molecule has 1 aliphatic rings. The molecule has 1 aromatic rings. The largest absolute Gasteiger partial charge is 0.382 e. The van der Waals surface area contributed by atoms with Crippen molar-refractivity contribution in [3.8, 4) is 0 Å². The summed E-state index contributed by atoms with van der Waals surface area (Å²) in [5, 5.41) is 7.50. The zero-order valence-electron chi connectivity index (χ0n) is 10.1. The lowest BCUT2D eigenvalue weighted by Gasteiger charge is -2.20. The number of amides is 1. The molecule has 0 radical (unpaired) electrons. The van der Waals surface area contributed by atoms with Gasteiger partial charge in [0.2, 0.25) is 0 Å². The van der Waals surface area contributed by atoms with Crippen molar-refractivity contribution in [2.45, 2.75) is 25.7 Å². The minimum Gasteiger partial charge on any atom is -0.382 e. The summed E-state index contributed by atoms with van der Waals surface area (Å²) in [6, 6.07) is 3.22. The number of carbonyl (C=O) groups excluding carboxylic acids is 1. The predicted octanol–water partition coefficient (Wildman–Crippen LogP) is 1.32. The van der Waals surface area contributed by atoms with Gasteiger partial charge in [0, 0.05) is 13.6 Å². The summed E-state index contributed by atoms with van der Waals surface area (Å²) < 4.78 is 0. The van der Waals surface area contributed by atoms with Crippen molar-refractivity contribution in [2.75, 3.05) is 19.3 Å². The molecule has 1 saturated carbocycles. The second-order valence-corrected chi connectivity index (χ2v) is 4.68. The van der Waals surface area contributed by atoms with Gasteiger partial charge in [-0.25, -0.2) is 0 Å². The summed E-state index contributed by atoms with van der Waals surface area (Å²) in [5.41, 5.74) is 5.80. The maximum atomic E-state index is 12.0. The highest BCUT2D eigenvalue weighted by atomic mass is 16.2. The maximum Gasteiger partial charge on any atom is 0.274 e. The summed E-state index contributed by atoms with van der Waals surface area (Å²) in [5.74, 6) is 0.898. The van der Waals surface area contributed by atoms with E-state index in [2.05, 4.69) is 10.2 Å². The third kappa shape index (κ3) is 2.93. The van der Waals surface area contributed by atoms with Crippen molar-refractivity contribution < 1.29 is 4.79 Å². The van der Waals surface area contributed by atoms with Crippen LogP contribution in [0.25, 0.3) is 0 Å². The molecule has 0 atom stereocenters. The normalized spacial score (nSPS) is 16.1. The Bertz CT molecular complexity index is 384. The van der Waals surface area contributed by atoms with Gasteiger partial charge in [0.25, 0.3) is 5.91 Å². The van der Waals surface area contributed by atoms with Crippen LogP contribution in [0.1, 0.15) is 36.2 Å². The van der Waals surface area contributed by atoms with Crippen LogP contribution in [0.3, 0.4) is 0 Å². The van der Waals surface area contributed by atoms with E-state index in [9.17, 15) is 4.79 Å². The summed E-state index contributed by atoms with van der Waals surface area (Å²) >= 11 is 0. The second kappa shape index (κ2) is 5.12. The highest BCUT2D eigenvalue weighted by Crippen LogP contribution is 2.25. The summed E-state index contributed by atoms with van der Waals surface area (Å²) in [6.07, 6.45) is 5.03. The van der Waals surface area contributed by atoms with Crippen molar-refractivity contribution in [3.05, 3.63) is 17.8 Å². The molecule has 1 heterocycles. The molecule has 0 aliphatic heterocycles. The molecule has 0 aromatic carbocycles. The molecule has 17 heavy (non-hydrogen) atoms. The molecule has 5 heteroatoms. The smallest absolute Gasteiger partial charge is 0.274 e. The van der Waals surface area contributed by atoms with E-state index in [-0.39, 0.29) is 5.91 Å². The molecule has 5 nitrogen and oxygen atoms in total. The van der Waals surface area contributed by atoms with Gasteiger partial charge in [0.05, 0.1) is 0 Å². The van der Waals surface area contributed by atoms with Crippen molar-refractivity contribution in [1.82, 2.24) is 15.1 Å². The first-order valence-corrected chi connectivity index (χ1v) is 6.01. The number of aromatic nitrogens is 2. The standard InChI is InChI=1S/C12H18N4O/c1-16(8-9-4-2-3-5-9)12(17)10-6-7-11(13)15-14-10/h6-7,9H,2-5,8H2,1H3,(H2,13,15). The van der Waals surface area contributed by atoms with Gasteiger partial charge < -0.3 is 10.6 Å². The van der Waals surface area contributed by atoms with Gasteiger partial charge in [-0.1, -0.05) is 12.8 Å². The fourth-order valence-corrected chi connectivity index (χ4v) is 2.32. The van der Waals surface area contributed by atoms with Gasteiger partial charge in [-0.15, -0.1) is 10.2 Å². The van der Waals surface area contributed by atoms with Gasteiger partial charge in [-0.2, -0.15) is 0 Å². The number of nitrogens with two attached hydrogens (primary N) is 1. The molecular formula is C12H18N4O. The van der Waals surface area contributed by atoms with E-state index in [1.807, 2.05) is 7.05 Å². The van der Waals surface area contributed by atoms with Gasteiger partial charge in [-0.05, 0) is 30.9 Å². The van der Waals surface area contributed by atoms with Gasteiger partial charge in [-0.3, -0.25) is 4.79 Å². The molecule has 0 bridgehead atoms. The maximum absolute atomic E-state index is 12.0. The third-order valence-corrected chi connectivity index (χ3v) is 3.26. The minimum atomic E-state index is -0.0793. The van der Waals surface area contributed by atoms with Crippen LogP contribution < -0.4 is 5.73 Å². The molecule has 92 valence electrons.